The summed E-state index contributed by atoms with van der Waals surface area (Å²) in [6.45, 7) is 1.40. The number of fused-ring (bicyclic) bond motifs is 2. The van der Waals surface area contributed by atoms with Gasteiger partial charge in [-0.2, -0.15) is 0 Å². The van der Waals surface area contributed by atoms with Crippen LogP contribution in [0.2, 0.25) is 0 Å². The summed E-state index contributed by atoms with van der Waals surface area (Å²) in [4.78, 5) is 44.8. The van der Waals surface area contributed by atoms with Crippen LogP contribution < -0.4 is 10.6 Å². The van der Waals surface area contributed by atoms with Crippen molar-refractivity contribution in [1.29, 1.82) is 0 Å². The van der Waals surface area contributed by atoms with Crippen LogP contribution in [0.4, 0.5) is 0 Å². The molecule has 154 valence electrons. The number of ketones is 2. The largest absolute Gasteiger partial charge is 0.322 e. The topological polar surface area (TPSA) is 90.9 Å². The normalized spacial score (nSPS) is 20.3. The predicted molar refractivity (Wildman–Crippen MR) is 115 cm³/mol. The van der Waals surface area contributed by atoms with Gasteiger partial charge >= 0.3 is 0 Å². The first kappa shape index (κ1) is 20.1. The first-order valence-electron chi connectivity index (χ1n) is 9.98. The van der Waals surface area contributed by atoms with Gasteiger partial charge in [0, 0.05) is 29.5 Å². The average Bonchev–Trinajstić information content (AvgIpc) is 3.27. The van der Waals surface area contributed by atoms with Crippen LogP contribution in [0, 0.1) is 0 Å². The van der Waals surface area contributed by atoms with Crippen molar-refractivity contribution in [3.05, 3.63) is 69.1 Å². The standard InChI is InChI=1S/C23H24N4O3/c1-24-10-8-13-12-25-21-14(5-7-18(28)19(13)21)15-4-6-17-20(22(15)29)16(23(30)26-17)9-11-27(2)3/h4-7,12,24H,8-11H2,1-3H3,(H,26,30). The Morgan fingerprint density at radius 3 is 2.60 bits per heavy atom. The maximum Gasteiger partial charge on any atom is 0.252 e. The molecule has 0 aromatic rings. The lowest BCUT2D eigenvalue weighted by molar-refractivity contribution is -0.116. The van der Waals surface area contributed by atoms with E-state index in [1.807, 2.05) is 26.0 Å². The molecule has 2 aliphatic carbocycles. The molecule has 0 fully saturated rings. The summed E-state index contributed by atoms with van der Waals surface area (Å²) in [6, 6.07) is 0. The van der Waals surface area contributed by atoms with E-state index in [1.165, 1.54) is 6.08 Å². The summed E-state index contributed by atoms with van der Waals surface area (Å²) >= 11 is 0. The Morgan fingerprint density at radius 2 is 1.87 bits per heavy atom. The van der Waals surface area contributed by atoms with Crippen LogP contribution in [0.5, 0.6) is 0 Å². The Hall–Kier alpha value is -3.16. The SMILES string of the molecule is CNCCC1=C2C(=O)C=CC(C3=CC=C4NC(=O)C(CCN(C)C)=C4C3=O)=C2N=C1. The van der Waals surface area contributed by atoms with Crippen molar-refractivity contribution in [1.82, 2.24) is 15.5 Å². The number of Topliss-reactive ketones (excluding diaryl/α,β-unsaturated/α-hetero) is 1. The van der Waals surface area contributed by atoms with Gasteiger partial charge in [-0.1, -0.05) is 0 Å². The highest BCUT2D eigenvalue weighted by molar-refractivity contribution is 6.24. The van der Waals surface area contributed by atoms with Gasteiger partial charge in [0.05, 0.1) is 22.5 Å². The van der Waals surface area contributed by atoms with E-state index in [2.05, 4.69) is 15.6 Å². The van der Waals surface area contributed by atoms with Gasteiger partial charge in [0.2, 0.25) is 0 Å². The van der Waals surface area contributed by atoms with Crippen molar-refractivity contribution < 1.29 is 14.4 Å². The summed E-state index contributed by atoms with van der Waals surface area (Å²) in [5, 5.41) is 5.87. The molecule has 0 saturated heterocycles. The van der Waals surface area contributed by atoms with Crippen molar-refractivity contribution in [3.8, 4) is 0 Å². The van der Waals surface area contributed by atoms with Gasteiger partial charge in [-0.15, -0.1) is 0 Å². The molecule has 4 aliphatic rings. The van der Waals surface area contributed by atoms with E-state index in [9.17, 15) is 14.4 Å². The van der Waals surface area contributed by atoms with E-state index in [-0.39, 0.29) is 17.5 Å². The summed E-state index contributed by atoms with van der Waals surface area (Å²) in [7, 11) is 5.71. The molecular formula is C23H24N4O3. The number of nitrogens with zero attached hydrogens (tertiary/aromatic N) is 2. The maximum atomic E-state index is 13.4. The lowest BCUT2D eigenvalue weighted by Crippen LogP contribution is -2.20. The zero-order chi connectivity index (χ0) is 21.4. The number of rotatable bonds is 7. The van der Waals surface area contributed by atoms with E-state index in [0.717, 1.165) is 12.1 Å². The molecule has 7 nitrogen and oxygen atoms in total. The van der Waals surface area contributed by atoms with Gasteiger partial charge in [-0.3, -0.25) is 19.4 Å². The zero-order valence-electron chi connectivity index (χ0n) is 17.3. The first-order valence-corrected chi connectivity index (χ1v) is 9.98. The number of aliphatic imine (C=N–C) groups is 1. The van der Waals surface area contributed by atoms with Crippen molar-refractivity contribution in [2.45, 2.75) is 12.8 Å². The smallest absolute Gasteiger partial charge is 0.252 e. The lowest BCUT2D eigenvalue weighted by atomic mass is 9.84. The molecule has 2 heterocycles. The number of hydrogen-bond acceptors (Lipinski definition) is 6. The molecule has 2 aliphatic heterocycles. The minimum atomic E-state index is -0.220. The lowest BCUT2D eigenvalue weighted by Gasteiger charge is -2.19. The van der Waals surface area contributed by atoms with E-state index < -0.39 is 0 Å². The average molecular weight is 404 g/mol. The van der Waals surface area contributed by atoms with Crippen LogP contribution in [-0.2, 0) is 14.4 Å². The van der Waals surface area contributed by atoms with Crippen molar-refractivity contribution in [3.63, 3.8) is 0 Å². The number of nitrogens with one attached hydrogen (secondary N) is 2. The molecule has 2 N–H and O–H groups in total. The van der Waals surface area contributed by atoms with Gasteiger partial charge in [0.25, 0.3) is 5.91 Å². The van der Waals surface area contributed by atoms with E-state index in [0.29, 0.717) is 58.6 Å². The highest BCUT2D eigenvalue weighted by Gasteiger charge is 2.37. The summed E-state index contributed by atoms with van der Waals surface area (Å²) in [5.74, 6) is -0.526. The van der Waals surface area contributed by atoms with E-state index in [1.54, 1.807) is 24.4 Å². The molecule has 0 unspecified atom stereocenters. The van der Waals surface area contributed by atoms with Crippen LogP contribution in [0.3, 0.4) is 0 Å². The third-order valence-corrected chi connectivity index (χ3v) is 5.54. The van der Waals surface area contributed by atoms with Crippen LogP contribution in [0.25, 0.3) is 0 Å². The van der Waals surface area contributed by atoms with Gasteiger partial charge in [0.15, 0.2) is 11.6 Å². The number of hydrogen-bond donors (Lipinski definition) is 2. The second kappa shape index (κ2) is 7.93. The number of carbonyl (C=O) groups excluding carboxylic acids is 3. The molecule has 0 aromatic carbocycles. The van der Waals surface area contributed by atoms with Crippen molar-refractivity contribution >= 4 is 23.7 Å². The highest BCUT2D eigenvalue weighted by atomic mass is 16.2. The van der Waals surface area contributed by atoms with Crippen LogP contribution >= 0.6 is 0 Å². The van der Waals surface area contributed by atoms with Gasteiger partial charge in [0.1, 0.15) is 0 Å². The monoisotopic (exact) mass is 404 g/mol. The predicted octanol–water partition coefficient (Wildman–Crippen LogP) is 1.14. The Balaban J connectivity index is 1.75. The summed E-state index contributed by atoms with van der Waals surface area (Å²) < 4.78 is 0. The molecule has 0 aromatic heterocycles. The molecule has 1 amide bonds. The number of allylic oxidation sites excluding steroid dienone is 8. The molecule has 0 saturated carbocycles. The second-order valence-corrected chi connectivity index (χ2v) is 7.82. The molecule has 7 heteroatoms. The molecule has 0 spiro atoms. The molecule has 30 heavy (non-hydrogen) atoms. The fourth-order valence-corrected chi connectivity index (χ4v) is 3.97. The number of amides is 1. The molecular weight excluding hydrogens is 380 g/mol. The minimum Gasteiger partial charge on any atom is -0.322 e. The fraction of sp³-hybridized carbons (Fsp3) is 0.304. The van der Waals surface area contributed by atoms with E-state index in [4.69, 9.17) is 0 Å². The first-order chi connectivity index (χ1) is 14.4. The van der Waals surface area contributed by atoms with Crippen molar-refractivity contribution in [2.24, 2.45) is 4.99 Å². The third kappa shape index (κ3) is 3.36. The fourth-order valence-electron chi connectivity index (χ4n) is 3.97. The number of carbonyl (C=O) groups is 3. The van der Waals surface area contributed by atoms with Crippen LogP contribution in [0.15, 0.2) is 74.1 Å². The molecule has 0 radical (unpaired) electrons. The Kier molecular flexibility index (Phi) is 5.32. The minimum absolute atomic E-state index is 0.0963. The van der Waals surface area contributed by atoms with Crippen LogP contribution in [0.1, 0.15) is 12.8 Å². The van der Waals surface area contributed by atoms with E-state index >= 15 is 0 Å². The van der Waals surface area contributed by atoms with Crippen LogP contribution in [-0.4, -0.2) is 62.8 Å². The Bertz CT molecular complexity index is 1080. The molecule has 0 bridgehead atoms. The third-order valence-electron chi connectivity index (χ3n) is 5.54. The summed E-state index contributed by atoms with van der Waals surface area (Å²) in [6.07, 6.45) is 9.50. The summed E-state index contributed by atoms with van der Waals surface area (Å²) in [5.41, 5.74) is 4.54. The van der Waals surface area contributed by atoms with Gasteiger partial charge < -0.3 is 15.5 Å². The molecule has 4 rings (SSSR count). The van der Waals surface area contributed by atoms with Crippen molar-refractivity contribution in [2.75, 3.05) is 34.2 Å². The van der Waals surface area contributed by atoms with Gasteiger partial charge in [-0.25, -0.2) is 0 Å². The quantitative estimate of drug-likeness (QED) is 0.664. The highest BCUT2D eigenvalue weighted by Crippen LogP contribution is 2.38. The Labute approximate surface area is 175 Å². The molecule has 0 atom stereocenters. The maximum absolute atomic E-state index is 13.4. The zero-order valence-corrected chi connectivity index (χ0v) is 17.3. The second-order valence-electron chi connectivity index (χ2n) is 7.82. The Morgan fingerprint density at radius 1 is 1.07 bits per heavy atom. The van der Waals surface area contributed by atoms with Gasteiger partial charge in [-0.05, 0) is 70.4 Å².